The van der Waals surface area contributed by atoms with E-state index in [9.17, 15) is 0 Å². The van der Waals surface area contributed by atoms with Gasteiger partial charge in [0.05, 0.1) is 6.20 Å². The van der Waals surface area contributed by atoms with Crippen LogP contribution in [0, 0.1) is 5.92 Å². The van der Waals surface area contributed by atoms with Crippen molar-refractivity contribution in [2.24, 2.45) is 5.92 Å². The molecule has 0 radical (unpaired) electrons. The molecule has 0 saturated heterocycles. The van der Waals surface area contributed by atoms with E-state index in [-0.39, 0.29) is 0 Å². The van der Waals surface area contributed by atoms with Crippen LogP contribution in [0.3, 0.4) is 0 Å². The van der Waals surface area contributed by atoms with E-state index in [0.717, 1.165) is 19.5 Å². The Bertz CT molecular complexity index is 253. The molecule has 1 aromatic heterocycles. The van der Waals surface area contributed by atoms with Crippen molar-refractivity contribution in [1.82, 2.24) is 15.1 Å². The van der Waals surface area contributed by atoms with Gasteiger partial charge in [0.2, 0.25) is 0 Å². The second kappa shape index (κ2) is 5.81. The molecule has 3 nitrogen and oxygen atoms in total. The van der Waals surface area contributed by atoms with Crippen LogP contribution in [0.25, 0.3) is 0 Å². The van der Waals surface area contributed by atoms with E-state index in [0.29, 0.717) is 5.92 Å². The molecule has 80 valence electrons. The highest BCUT2D eigenvalue weighted by molar-refractivity contribution is 5.03. The molecule has 0 fully saturated rings. The molecule has 0 aromatic carbocycles. The van der Waals surface area contributed by atoms with Crippen LogP contribution in [0.2, 0.25) is 0 Å². The second-order valence-corrected chi connectivity index (χ2v) is 4.17. The summed E-state index contributed by atoms with van der Waals surface area (Å²) in [6.07, 6.45) is 6.45. The van der Waals surface area contributed by atoms with E-state index >= 15 is 0 Å². The van der Waals surface area contributed by atoms with Crippen LogP contribution in [-0.4, -0.2) is 23.4 Å². The summed E-state index contributed by atoms with van der Waals surface area (Å²) in [5.74, 6) is 0.667. The molecule has 1 aromatic rings. The third-order valence-corrected chi connectivity index (χ3v) is 2.13. The van der Waals surface area contributed by atoms with Crippen LogP contribution < -0.4 is 5.32 Å². The zero-order chi connectivity index (χ0) is 10.4. The molecule has 0 saturated carbocycles. The lowest BCUT2D eigenvalue weighted by atomic mass is 10.2. The van der Waals surface area contributed by atoms with E-state index in [2.05, 4.69) is 30.5 Å². The maximum Gasteiger partial charge on any atom is 0.0521 e. The van der Waals surface area contributed by atoms with Crippen molar-refractivity contribution >= 4 is 0 Å². The first kappa shape index (κ1) is 11.2. The summed E-state index contributed by atoms with van der Waals surface area (Å²) in [5.41, 5.74) is 1.35. The van der Waals surface area contributed by atoms with Crippen LogP contribution in [-0.2, 0) is 13.0 Å². The van der Waals surface area contributed by atoms with E-state index in [1.165, 1.54) is 12.0 Å². The largest absolute Gasteiger partial charge is 0.320 e. The third kappa shape index (κ3) is 3.92. The van der Waals surface area contributed by atoms with E-state index in [1.807, 2.05) is 17.9 Å². The summed E-state index contributed by atoms with van der Waals surface area (Å²) in [6.45, 7) is 6.52. The standard InChI is InChI=1S/C11H21N3/c1-10(2)8-14-9-11(7-13-14)5-4-6-12-3/h7,9-10,12H,4-6,8H2,1-3H3. The highest BCUT2D eigenvalue weighted by Crippen LogP contribution is 2.04. The van der Waals surface area contributed by atoms with Gasteiger partial charge >= 0.3 is 0 Å². The van der Waals surface area contributed by atoms with Gasteiger partial charge in [0.1, 0.15) is 0 Å². The van der Waals surface area contributed by atoms with Gasteiger partial charge in [0.15, 0.2) is 0 Å². The van der Waals surface area contributed by atoms with Crippen molar-refractivity contribution in [3.63, 3.8) is 0 Å². The van der Waals surface area contributed by atoms with Crippen molar-refractivity contribution in [2.45, 2.75) is 33.2 Å². The molecule has 0 aliphatic heterocycles. The average molecular weight is 195 g/mol. The van der Waals surface area contributed by atoms with Gasteiger partial charge in [-0.25, -0.2) is 0 Å². The smallest absolute Gasteiger partial charge is 0.0521 e. The Kier molecular flexibility index (Phi) is 4.66. The number of nitrogens with one attached hydrogen (secondary N) is 1. The Morgan fingerprint density at radius 2 is 2.29 bits per heavy atom. The number of rotatable bonds is 6. The van der Waals surface area contributed by atoms with Crippen LogP contribution in [0.5, 0.6) is 0 Å². The van der Waals surface area contributed by atoms with Gasteiger partial charge in [-0.05, 0) is 37.9 Å². The van der Waals surface area contributed by atoms with Gasteiger partial charge in [0.25, 0.3) is 0 Å². The highest BCUT2D eigenvalue weighted by Gasteiger charge is 2.00. The average Bonchev–Trinajstić information content (AvgIpc) is 2.52. The fraction of sp³-hybridized carbons (Fsp3) is 0.727. The Labute approximate surface area is 86.5 Å². The highest BCUT2D eigenvalue weighted by atomic mass is 15.3. The number of hydrogen-bond acceptors (Lipinski definition) is 2. The van der Waals surface area contributed by atoms with Crippen LogP contribution in [0.1, 0.15) is 25.8 Å². The van der Waals surface area contributed by atoms with Crippen molar-refractivity contribution < 1.29 is 0 Å². The Morgan fingerprint density at radius 3 is 2.93 bits per heavy atom. The minimum absolute atomic E-state index is 0.667. The SMILES string of the molecule is CNCCCc1cnn(CC(C)C)c1. The number of nitrogens with zero attached hydrogens (tertiary/aromatic N) is 2. The fourth-order valence-corrected chi connectivity index (χ4v) is 1.48. The predicted octanol–water partition coefficient (Wildman–Crippen LogP) is 1.69. The third-order valence-electron chi connectivity index (χ3n) is 2.13. The molecule has 3 heteroatoms. The summed E-state index contributed by atoms with van der Waals surface area (Å²) < 4.78 is 2.04. The van der Waals surface area contributed by atoms with Crippen molar-refractivity contribution in [3.05, 3.63) is 18.0 Å². The van der Waals surface area contributed by atoms with Gasteiger partial charge in [0, 0.05) is 12.7 Å². The number of aromatic nitrogens is 2. The van der Waals surface area contributed by atoms with Crippen molar-refractivity contribution in [2.75, 3.05) is 13.6 Å². The van der Waals surface area contributed by atoms with E-state index in [4.69, 9.17) is 0 Å². The zero-order valence-electron chi connectivity index (χ0n) is 9.45. The summed E-state index contributed by atoms with van der Waals surface area (Å²) in [5, 5.41) is 7.48. The molecule has 1 N–H and O–H groups in total. The maximum absolute atomic E-state index is 4.33. The van der Waals surface area contributed by atoms with E-state index < -0.39 is 0 Å². The lowest BCUT2D eigenvalue weighted by Crippen LogP contribution is -2.08. The lowest BCUT2D eigenvalue weighted by molar-refractivity contribution is 0.483. The fourth-order valence-electron chi connectivity index (χ4n) is 1.48. The maximum atomic E-state index is 4.33. The zero-order valence-corrected chi connectivity index (χ0v) is 9.45. The molecule has 0 aliphatic rings. The first-order chi connectivity index (χ1) is 6.72. The van der Waals surface area contributed by atoms with Gasteiger partial charge < -0.3 is 5.32 Å². The molecule has 0 aliphatic carbocycles. The Hall–Kier alpha value is -0.830. The summed E-state index contributed by atoms with van der Waals surface area (Å²) in [7, 11) is 1.99. The summed E-state index contributed by atoms with van der Waals surface area (Å²) >= 11 is 0. The second-order valence-electron chi connectivity index (χ2n) is 4.17. The number of hydrogen-bond donors (Lipinski definition) is 1. The summed E-state index contributed by atoms with van der Waals surface area (Å²) in [4.78, 5) is 0. The van der Waals surface area contributed by atoms with E-state index in [1.54, 1.807) is 0 Å². The molecule has 0 bridgehead atoms. The van der Waals surface area contributed by atoms with Gasteiger partial charge in [-0.15, -0.1) is 0 Å². The van der Waals surface area contributed by atoms with Crippen LogP contribution in [0.15, 0.2) is 12.4 Å². The van der Waals surface area contributed by atoms with Gasteiger partial charge in [-0.2, -0.15) is 5.10 Å². The Morgan fingerprint density at radius 1 is 1.50 bits per heavy atom. The van der Waals surface area contributed by atoms with Gasteiger partial charge in [-0.1, -0.05) is 13.8 Å². The number of aryl methyl sites for hydroxylation is 1. The first-order valence-corrected chi connectivity index (χ1v) is 5.38. The molecule has 0 unspecified atom stereocenters. The molecule has 0 amide bonds. The summed E-state index contributed by atoms with van der Waals surface area (Å²) in [6, 6.07) is 0. The molecule has 1 heterocycles. The topological polar surface area (TPSA) is 29.9 Å². The monoisotopic (exact) mass is 195 g/mol. The first-order valence-electron chi connectivity index (χ1n) is 5.38. The molecular formula is C11H21N3. The molecule has 1 rings (SSSR count). The molecule has 14 heavy (non-hydrogen) atoms. The molecule has 0 atom stereocenters. The predicted molar refractivity (Wildman–Crippen MR) is 59.3 cm³/mol. The molecule has 0 spiro atoms. The normalized spacial score (nSPS) is 11.1. The van der Waals surface area contributed by atoms with Gasteiger partial charge in [-0.3, -0.25) is 4.68 Å². The Balaban J connectivity index is 2.35. The van der Waals surface area contributed by atoms with Crippen LogP contribution >= 0.6 is 0 Å². The van der Waals surface area contributed by atoms with Crippen molar-refractivity contribution in [3.8, 4) is 0 Å². The minimum atomic E-state index is 0.667. The van der Waals surface area contributed by atoms with Crippen molar-refractivity contribution in [1.29, 1.82) is 0 Å². The lowest BCUT2D eigenvalue weighted by Gasteiger charge is -2.03. The molecular weight excluding hydrogens is 174 g/mol. The van der Waals surface area contributed by atoms with Crippen LogP contribution in [0.4, 0.5) is 0 Å². The quantitative estimate of drug-likeness (QED) is 0.700. The minimum Gasteiger partial charge on any atom is -0.320 e.